The zero-order chi connectivity index (χ0) is 13.2. The van der Waals surface area contributed by atoms with E-state index in [1.165, 1.54) is 5.56 Å². The van der Waals surface area contributed by atoms with Crippen LogP contribution in [0.3, 0.4) is 0 Å². The zero-order valence-electron chi connectivity index (χ0n) is 11.3. The average Bonchev–Trinajstić information content (AvgIpc) is 2.97. The smallest absolute Gasteiger partial charge is 0.113 e. The Hall–Kier alpha value is -1.73. The van der Waals surface area contributed by atoms with Crippen molar-refractivity contribution in [3.63, 3.8) is 0 Å². The van der Waals surface area contributed by atoms with E-state index in [-0.39, 0.29) is 0 Å². The topological polar surface area (TPSA) is 61.0 Å². The van der Waals surface area contributed by atoms with Gasteiger partial charge in [0.1, 0.15) is 5.69 Å². The summed E-state index contributed by atoms with van der Waals surface area (Å²) in [7, 11) is 3.62. The number of hydrogen-bond donors (Lipinski definition) is 0. The van der Waals surface area contributed by atoms with Crippen molar-refractivity contribution < 1.29 is 4.74 Å². The molecule has 0 saturated heterocycles. The molecular formula is C12H18N6O. The van der Waals surface area contributed by atoms with Crippen LogP contribution in [0.25, 0.3) is 0 Å². The van der Waals surface area contributed by atoms with Gasteiger partial charge in [-0.1, -0.05) is 5.21 Å². The van der Waals surface area contributed by atoms with E-state index in [2.05, 4.69) is 26.5 Å². The average molecular weight is 262 g/mol. The van der Waals surface area contributed by atoms with Crippen molar-refractivity contribution in [3.8, 4) is 0 Å². The molecule has 1 aliphatic heterocycles. The van der Waals surface area contributed by atoms with Gasteiger partial charge in [-0.25, -0.2) is 4.68 Å². The molecule has 1 aliphatic rings. The van der Waals surface area contributed by atoms with Gasteiger partial charge in [-0.05, 0) is 0 Å². The number of nitrogens with zero attached hydrogens (tertiary/aromatic N) is 6. The lowest BCUT2D eigenvalue weighted by atomic mass is 10.2. The third-order valence-corrected chi connectivity index (χ3v) is 3.37. The summed E-state index contributed by atoms with van der Waals surface area (Å²) in [6.07, 6.45) is 3.97. The molecule has 0 aromatic carbocycles. The lowest BCUT2D eigenvalue weighted by Crippen LogP contribution is -2.33. The monoisotopic (exact) mass is 262 g/mol. The molecule has 2 aromatic rings. The predicted molar refractivity (Wildman–Crippen MR) is 68.1 cm³/mol. The van der Waals surface area contributed by atoms with E-state index in [1.807, 2.05) is 22.6 Å². The van der Waals surface area contributed by atoms with Crippen LogP contribution in [0, 0.1) is 0 Å². The third kappa shape index (κ3) is 2.52. The number of hydrogen-bond acceptors (Lipinski definition) is 5. The third-order valence-electron chi connectivity index (χ3n) is 3.37. The van der Waals surface area contributed by atoms with Gasteiger partial charge in [-0.2, -0.15) is 5.10 Å². The molecule has 0 aliphatic carbocycles. The first-order chi connectivity index (χ1) is 9.26. The van der Waals surface area contributed by atoms with Crippen LogP contribution in [0.15, 0.2) is 12.4 Å². The minimum Gasteiger partial charge on any atom is -0.378 e. The Labute approximate surface area is 111 Å². The molecule has 3 heterocycles. The summed E-state index contributed by atoms with van der Waals surface area (Å²) >= 11 is 0. The van der Waals surface area contributed by atoms with Crippen molar-refractivity contribution in [2.24, 2.45) is 7.05 Å². The Bertz CT molecular complexity index is 560. The van der Waals surface area contributed by atoms with Crippen molar-refractivity contribution >= 4 is 0 Å². The fraction of sp³-hybridized carbons (Fsp3) is 0.583. The van der Waals surface area contributed by atoms with Crippen molar-refractivity contribution in [1.82, 2.24) is 29.7 Å². The molecule has 0 amide bonds. The molecule has 0 unspecified atom stereocenters. The maximum absolute atomic E-state index is 5.16. The Balaban J connectivity index is 1.72. The largest absolute Gasteiger partial charge is 0.378 e. The molecule has 7 heteroatoms. The molecule has 0 N–H and O–H groups in total. The Morgan fingerprint density at radius 1 is 1.37 bits per heavy atom. The molecule has 7 nitrogen and oxygen atoms in total. The van der Waals surface area contributed by atoms with E-state index in [0.717, 1.165) is 37.6 Å². The second kappa shape index (κ2) is 5.10. The standard InChI is InChI=1S/C12H18N6O/c1-16-6-10(5-13-16)7-17-3-4-18-12(8-17)11(9-19-2)14-15-18/h5-6H,3-4,7-9H2,1-2H3. The van der Waals surface area contributed by atoms with E-state index >= 15 is 0 Å². The van der Waals surface area contributed by atoms with E-state index in [1.54, 1.807) is 7.11 Å². The first-order valence-corrected chi connectivity index (χ1v) is 6.36. The molecule has 3 rings (SSSR count). The van der Waals surface area contributed by atoms with Gasteiger partial charge in [0, 0.05) is 45.6 Å². The second-order valence-electron chi connectivity index (χ2n) is 4.87. The highest BCUT2D eigenvalue weighted by molar-refractivity contribution is 5.12. The minimum atomic E-state index is 0.524. The maximum Gasteiger partial charge on any atom is 0.113 e. The molecule has 0 radical (unpaired) electrons. The van der Waals surface area contributed by atoms with Gasteiger partial charge in [0.2, 0.25) is 0 Å². The van der Waals surface area contributed by atoms with Gasteiger partial charge in [0.05, 0.1) is 25.0 Å². The van der Waals surface area contributed by atoms with Crippen LogP contribution in [0.5, 0.6) is 0 Å². The van der Waals surface area contributed by atoms with Crippen LogP contribution in [0.1, 0.15) is 17.0 Å². The van der Waals surface area contributed by atoms with Crippen LogP contribution in [0.2, 0.25) is 0 Å². The fourth-order valence-electron chi connectivity index (χ4n) is 2.44. The van der Waals surface area contributed by atoms with Gasteiger partial charge in [0.25, 0.3) is 0 Å². The summed E-state index contributed by atoms with van der Waals surface area (Å²) in [5.41, 5.74) is 3.34. The molecule has 0 atom stereocenters. The fourth-order valence-corrected chi connectivity index (χ4v) is 2.44. The lowest BCUT2D eigenvalue weighted by Gasteiger charge is -2.27. The first-order valence-electron chi connectivity index (χ1n) is 6.36. The van der Waals surface area contributed by atoms with E-state index in [0.29, 0.717) is 6.61 Å². The Morgan fingerprint density at radius 3 is 3.00 bits per heavy atom. The highest BCUT2D eigenvalue weighted by atomic mass is 16.5. The highest BCUT2D eigenvalue weighted by Gasteiger charge is 2.21. The summed E-state index contributed by atoms with van der Waals surface area (Å²) in [5, 5.41) is 12.5. The van der Waals surface area contributed by atoms with Crippen LogP contribution < -0.4 is 0 Å². The molecule has 102 valence electrons. The molecule has 0 spiro atoms. The number of aryl methyl sites for hydroxylation is 1. The van der Waals surface area contributed by atoms with Gasteiger partial charge in [0.15, 0.2) is 0 Å². The SMILES string of the molecule is COCc1nnn2c1CN(Cc1cnn(C)c1)CC2. The van der Waals surface area contributed by atoms with Crippen LogP contribution >= 0.6 is 0 Å². The van der Waals surface area contributed by atoms with Gasteiger partial charge in [-0.15, -0.1) is 5.10 Å². The summed E-state index contributed by atoms with van der Waals surface area (Å²) < 4.78 is 8.98. The summed E-state index contributed by atoms with van der Waals surface area (Å²) in [4.78, 5) is 2.38. The summed E-state index contributed by atoms with van der Waals surface area (Å²) in [6.45, 7) is 4.16. The predicted octanol–water partition coefficient (Wildman–Crippen LogP) is 0.174. The van der Waals surface area contributed by atoms with Crippen molar-refractivity contribution in [3.05, 3.63) is 29.3 Å². The van der Waals surface area contributed by atoms with Gasteiger partial charge < -0.3 is 4.74 Å². The first kappa shape index (κ1) is 12.3. The lowest BCUT2D eigenvalue weighted by molar-refractivity contribution is 0.173. The van der Waals surface area contributed by atoms with E-state index < -0.39 is 0 Å². The van der Waals surface area contributed by atoms with Crippen molar-refractivity contribution in [1.29, 1.82) is 0 Å². The van der Waals surface area contributed by atoms with Crippen molar-refractivity contribution in [2.75, 3.05) is 13.7 Å². The van der Waals surface area contributed by atoms with E-state index in [9.17, 15) is 0 Å². The highest BCUT2D eigenvalue weighted by Crippen LogP contribution is 2.17. The number of ether oxygens (including phenoxy) is 1. The normalized spacial score (nSPS) is 15.7. The molecule has 0 fully saturated rings. The number of aromatic nitrogens is 5. The summed E-state index contributed by atoms with van der Waals surface area (Å²) in [6, 6.07) is 0. The maximum atomic E-state index is 5.16. The number of rotatable bonds is 4. The molecule has 0 saturated carbocycles. The van der Waals surface area contributed by atoms with Crippen LogP contribution in [-0.2, 0) is 38.0 Å². The van der Waals surface area contributed by atoms with Gasteiger partial charge in [-0.3, -0.25) is 9.58 Å². The minimum absolute atomic E-state index is 0.524. The van der Waals surface area contributed by atoms with Crippen LogP contribution in [-0.4, -0.2) is 43.3 Å². The number of methoxy groups -OCH3 is 1. The quantitative estimate of drug-likeness (QED) is 0.786. The Kier molecular flexibility index (Phi) is 3.31. The second-order valence-corrected chi connectivity index (χ2v) is 4.87. The molecule has 2 aromatic heterocycles. The zero-order valence-corrected chi connectivity index (χ0v) is 11.3. The molecule has 19 heavy (non-hydrogen) atoms. The Morgan fingerprint density at radius 2 is 2.26 bits per heavy atom. The van der Waals surface area contributed by atoms with E-state index in [4.69, 9.17) is 4.74 Å². The van der Waals surface area contributed by atoms with Gasteiger partial charge >= 0.3 is 0 Å². The summed E-state index contributed by atoms with van der Waals surface area (Å²) in [5.74, 6) is 0. The molecule has 0 bridgehead atoms. The number of fused-ring (bicyclic) bond motifs is 1. The van der Waals surface area contributed by atoms with Crippen LogP contribution in [0.4, 0.5) is 0 Å². The van der Waals surface area contributed by atoms with Crippen molar-refractivity contribution in [2.45, 2.75) is 26.2 Å². The molecular weight excluding hydrogens is 244 g/mol.